The zero-order valence-electron chi connectivity index (χ0n) is 20.6. The predicted molar refractivity (Wildman–Crippen MR) is 141 cm³/mol. The highest BCUT2D eigenvalue weighted by Gasteiger charge is 2.12. The minimum Gasteiger partial charge on any atom is -0.493 e. The van der Waals surface area contributed by atoms with Gasteiger partial charge in [-0.2, -0.15) is 0 Å². The van der Waals surface area contributed by atoms with Crippen LogP contribution in [0.25, 0.3) is 21.8 Å². The number of aromatic nitrogens is 4. The maximum absolute atomic E-state index is 5.93. The number of anilines is 1. The Morgan fingerprint density at radius 2 is 1.11 bits per heavy atom. The molecule has 0 amide bonds. The van der Waals surface area contributed by atoms with Crippen molar-refractivity contribution in [3.63, 3.8) is 0 Å². The summed E-state index contributed by atoms with van der Waals surface area (Å²) in [4.78, 5) is 16.4. The lowest BCUT2D eigenvalue weighted by atomic mass is 10.2. The minimum atomic E-state index is 0.404. The summed E-state index contributed by atoms with van der Waals surface area (Å²) in [7, 11) is 6.30. The molecule has 3 aromatic carbocycles. The van der Waals surface area contributed by atoms with Crippen LogP contribution in [0.15, 0.2) is 61.2 Å². The molecule has 0 unspecified atom stereocenters. The first-order valence-corrected chi connectivity index (χ1v) is 11.3. The van der Waals surface area contributed by atoms with Gasteiger partial charge in [-0.1, -0.05) is 11.6 Å². The Morgan fingerprint density at radius 1 is 0.622 bits per heavy atom. The molecule has 0 saturated carbocycles. The van der Waals surface area contributed by atoms with Crippen LogP contribution in [0, 0.1) is 0 Å². The Labute approximate surface area is 217 Å². The third kappa shape index (κ3) is 5.65. The molecule has 5 rings (SSSR count). The van der Waals surface area contributed by atoms with Crippen LogP contribution in [0.1, 0.15) is 0 Å². The van der Waals surface area contributed by atoms with E-state index in [1.807, 2.05) is 0 Å². The SMILES string of the molecule is COc1cc2ncnc(Cl)c2cc1OC.COc1cc2ncnc(Oc3ccc(N)cc3)c2cc1OC. The number of methoxy groups -OCH3 is 4. The molecule has 2 N–H and O–H groups in total. The molecule has 0 bridgehead atoms. The minimum absolute atomic E-state index is 0.404. The second-order valence-corrected chi connectivity index (χ2v) is 7.82. The summed E-state index contributed by atoms with van der Waals surface area (Å²) in [6.45, 7) is 0. The largest absolute Gasteiger partial charge is 0.493 e. The van der Waals surface area contributed by atoms with Gasteiger partial charge < -0.3 is 29.4 Å². The third-order valence-electron chi connectivity index (χ3n) is 5.29. The second-order valence-electron chi connectivity index (χ2n) is 7.46. The molecule has 0 aliphatic rings. The first-order valence-electron chi connectivity index (χ1n) is 10.9. The van der Waals surface area contributed by atoms with Gasteiger partial charge in [-0.3, -0.25) is 0 Å². The maximum atomic E-state index is 5.93. The number of ether oxygens (including phenoxy) is 5. The van der Waals surface area contributed by atoms with Gasteiger partial charge in [0.25, 0.3) is 0 Å². The van der Waals surface area contributed by atoms with E-state index in [-0.39, 0.29) is 0 Å². The summed E-state index contributed by atoms with van der Waals surface area (Å²) < 4.78 is 26.7. The van der Waals surface area contributed by atoms with Gasteiger partial charge in [0.2, 0.25) is 5.88 Å². The summed E-state index contributed by atoms with van der Waals surface area (Å²) in [5.41, 5.74) is 7.78. The van der Waals surface area contributed by atoms with Crippen LogP contribution in [0.4, 0.5) is 5.69 Å². The molecule has 190 valence electrons. The highest BCUT2D eigenvalue weighted by atomic mass is 35.5. The molecule has 11 heteroatoms. The Bertz CT molecular complexity index is 1530. The summed E-state index contributed by atoms with van der Waals surface area (Å²) in [6, 6.07) is 14.2. The van der Waals surface area contributed by atoms with Gasteiger partial charge in [0.05, 0.1) is 44.9 Å². The van der Waals surface area contributed by atoms with Crippen molar-refractivity contribution in [3.05, 3.63) is 66.3 Å². The average Bonchev–Trinajstić information content (AvgIpc) is 2.93. The molecule has 0 atom stereocenters. The lowest BCUT2D eigenvalue weighted by Gasteiger charge is -2.11. The van der Waals surface area contributed by atoms with Gasteiger partial charge in [-0.25, -0.2) is 19.9 Å². The zero-order valence-corrected chi connectivity index (χ0v) is 21.3. The molecule has 10 nitrogen and oxygen atoms in total. The van der Waals surface area contributed by atoms with Gasteiger partial charge in [0.15, 0.2) is 23.0 Å². The van der Waals surface area contributed by atoms with E-state index in [2.05, 4.69) is 19.9 Å². The van der Waals surface area contributed by atoms with E-state index in [0.717, 1.165) is 16.3 Å². The average molecular weight is 522 g/mol. The van der Waals surface area contributed by atoms with Crippen molar-refractivity contribution in [1.82, 2.24) is 19.9 Å². The molecule has 0 spiro atoms. The normalized spacial score (nSPS) is 10.4. The van der Waals surface area contributed by atoms with Gasteiger partial charge in [-0.05, 0) is 36.4 Å². The van der Waals surface area contributed by atoms with Crippen LogP contribution in [0.5, 0.6) is 34.6 Å². The fourth-order valence-electron chi connectivity index (χ4n) is 3.44. The van der Waals surface area contributed by atoms with Gasteiger partial charge in [-0.15, -0.1) is 0 Å². The van der Waals surface area contributed by atoms with Crippen molar-refractivity contribution in [2.75, 3.05) is 34.2 Å². The zero-order chi connectivity index (χ0) is 26.4. The van der Waals surface area contributed by atoms with Crippen LogP contribution in [-0.4, -0.2) is 48.4 Å². The van der Waals surface area contributed by atoms with E-state index in [1.54, 1.807) is 77.0 Å². The first-order chi connectivity index (χ1) is 18.0. The highest BCUT2D eigenvalue weighted by Crippen LogP contribution is 2.36. The molecule has 0 saturated heterocycles. The van der Waals surface area contributed by atoms with Crippen molar-refractivity contribution in [2.24, 2.45) is 0 Å². The predicted octanol–water partition coefficient (Wildman–Crippen LogP) is 5.32. The van der Waals surface area contributed by atoms with Crippen LogP contribution >= 0.6 is 11.6 Å². The molecule has 2 aromatic heterocycles. The lowest BCUT2D eigenvalue weighted by molar-refractivity contribution is 0.355. The Kier molecular flexibility index (Phi) is 7.89. The number of benzene rings is 3. The van der Waals surface area contributed by atoms with Crippen LogP contribution in [0.3, 0.4) is 0 Å². The van der Waals surface area contributed by atoms with Crippen LogP contribution in [0.2, 0.25) is 5.15 Å². The van der Waals surface area contributed by atoms with Gasteiger partial charge in [0, 0.05) is 23.2 Å². The van der Waals surface area contributed by atoms with E-state index in [0.29, 0.717) is 51.0 Å². The summed E-state index contributed by atoms with van der Waals surface area (Å²) in [6.07, 6.45) is 2.86. The number of nitrogens with zero attached hydrogens (tertiary/aromatic N) is 4. The fourth-order valence-corrected chi connectivity index (χ4v) is 3.63. The molecular formula is C26H24ClN5O5. The maximum Gasteiger partial charge on any atom is 0.230 e. The number of hydrogen-bond donors (Lipinski definition) is 1. The molecule has 0 fully saturated rings. The Balaban J connectivity index is 0.000000186. The number of nitrogens with two attached hydrogens (primary N) is 1. The molecule has 5 aromatic rings. The van der Waals surface area contributed by atoms with Crippen molar-refractivity contribution in [2.45, 2.75) is 0 Å². The number of hydrogen-bond acceptors (Lipinski definition) is 10. The highest BCUT2D eigenvalue weighted by molar-refractivity contribution is 6.34. The number of halogens is 1. The van der Waals surface area contributed by atoms with E-state index >= 15 is 0 Å². The summed E-state index contributed by atoms with van der Waals surface area (Å²) in [5.74, 6) is 3.51. The third-order valence-corrected chi connectivity index (χ3v) is 5.59. The monoisotopic (exact) mass is 521 g/mol. The number of rotatable bonds is 6. The van der Waals surface area contributed by atoms with E-state index < -0.39 is 0 Å². The van der Waals surface area contributed by atoms with Gasteiger partial charge in [0.1, 0.15) is 23.6 Å². The molecule has 0 radical (unpaired) electrons. The smallest absolute Gasteiger partial charge is 0.230 e. The van der Waals surface area contributed by atoms with Crippen molar-refractivity contribution < 1.29 is 23.7 Å². The summed E-state index contributed by atoms with van der Waals surface area (Å²) >= 11 is 5.93. The lowest BCUT2D eigenvalue weighted by Crippen LogP contribution is -1.95. The fraction of sp³-hybridized carbons (Fsp3) is 0.154. The first kappa shape index (κ1) is 25.5. The Morgan fingerprint density at radius 3 is 1.68 bits per heavy atom. The molecule has 37 heavy (non-hydrogen) atoms. The summed E-state index contributed by atoms with van der Waals surface area (Å²) in [5, 5.41) is 1.88. The topological polar surface area (TPSA) is 124 Å². The standard InChI is InChI=1S/C16H15N3O3.C10H9ClN2O2/c1-20-14-7-12-13(8-15(14)21-2)18-9-19-16(12)22-11-5-3-10(17)4-6-11;1-14-8-3-6-7(4-9(8)15-2)12-5-13-10(6)11/h3-9H,17H2,1-2H3;3-5H,1-2H3. The number of fused-ring (bicyclic) bond motifs is 2. The van der Waals surface area contributed by atoms with E-state index in [9.17, 15) is 0 Å². The molecule has 0 aliphatic heterocycles. The van der Waals surface area contributed by atoms with E-state index in [1.165, 1.54) is 12.7 Å². The molecule has 0 aliphatic carbocycles. The Hall–Kier alpha value is -4.57. The molecule has 2 heterocycles. The van der Waals surface area contributed by atoms with Crippen molar-refractivity contribution in [3.8, 4) is 34.6 Å². The quantitative estimate of drug-likeness (QED) is 0.232. The van der Waals surface area contributed by atoms with Crippen molar-refractivity contribution in [1.29, 1.82) is 0 Å². The van der Waals surface area contributed by atoms with Crippen LogP contribution < -0.4 is 29.4 Å². The van der Waals surface area contributed by atoms with Gasteiger partial charge >= 0.3 is 0 Å². The molecular weight excluding hydrogens is 498 g/mol. The number of nitrogen functional groups attached to an aromatic ring is 1. The van der Waals surface area contributed by atoms with E-state index in [4.69, 9.17) is 41.0 Å². The second kappa shape index (κ2) is 11.4. The van der Waals surface area contributed by atoms with Crippen molar-refractivity contribution >= 4 is 39.1 Å². The van der Waals surface area contributed by atoms with Crippen LogP contribution in [-0.2, 0) is 0 Å².